The highest BCUT2D eigenvalue weighted by atomic mass is 79.9. The molecule has 0 aliphatic carbocycles. The van der Waals surface area contributed by atoms with E-state index in [-0.39, 0.29) is 5.56 Å². The molecular formula is C16H10BrFN2O. The van der Waals surface area contributed by atoms with Crippen LogP contribution in [-0.4, -0.2) is 10.9 Å². The molecule has 104 valence electrons. The molecule has 0 bridgehead atoms. The van der Waals surface area contributed by atoms with Crippen LogP contribution >= 0.6 is 15.9 Å². The largest absolute Gasteiger partial charge is 0.321 e. The molecule has 0 aliphatic rings. The zero-order valence-electron chi connectivity index (χ0n) is 10.8. The van der Waals surface area contributed by atoms with Crippen LogP contribution in [0.5, 0.6) is 0 Å². The van der Waals surface area contributed by atoms with E-state index in [1.165, 1.54) is 18.3 Å². The molecule has 1 aromatic heterocycles. The number of anilines is 1. The first-order valence-corrected chi connectivity index (χ1v) is 7.05. The highest BCUT2D eigenvalue weighted by Crippen LogP contribution is 2.30. The summed E-state index contributed by atoms with van der Waals surface area (Å²) in [5.41, 5.74) is 0.548. The Kier molecular flexibility index (Phi) is 3.66. The number of fused-ring (bicyclic) bond motifs is 1. The van der Waals surface area contributed by atoms with Crippen LogP contribution < -0.4 is 5.32 Å². The maximum atomic E-state index is 13.5. The average molecular weight is 345 g/mol. The molecule has 0 radical (unpaired) electrons. The van der Waals surface area contributed by atoms with Crippen molar-refractivity contribution in [2.75, 3.05) is 5.32 Å². The van der Waals surface area contributed by atoms with Crippen LogP contribution in [0.4, 0.5) is 10.1 Å². The summed E-state index contributed by atoms with van der Waals surface area (Å²) < 4.78 is 14.5. The Labute approximate surface area is 128 Å². The van der Waals surface area contributed by atoms with Crippen molar-refractivity contribution >= 4 is 38.3 Å². The van der Waals surface area contributed by atoms with Crippen LogP contribution in [0.2, 0.25) is 0 Å². The first-order valence-electron chi connectivity index (χ1n) is 6.26. The zero-order chi connectivity index (χ0) is 14.8. The summed E-state index contributed by atoms with van der Waals surface area (Å²) in [5.74, 6) is -1.30. The second-order valence-corrected chi connectivity index (χ2v) is 5.29. The predicted molar refractivity (Wildman–Crippen MR) is 83.8 cm³/mol. The van der Waals surface area contributed by atoms with Crippen molar-refractivity contribution in [3.8, 4) is 0 Å². The minimum absolute atomic E-state index is 0.0792. The van der Waals surface area contributed by atoms with E-state index in [1.54, 1.807) is 6.07 Å². The number of carbonyl (C=O) groups is 1. The third kappa shape index (κ3) is 2.64. The van der Waals surface area contributed by atoms with Crippen molar-refractivity contribution in [2.24, 2.45) is 0 Å². The number of nitrogens with zero attached hydrogens (tertiary/aromatic N) is 1. The average Bonchev–Trinajstić information content (AvgIpc) is 2.51. The second kappa shape index (κ2) is 5.61. The molecule has 5 heteroatoms. The van der Waals surface area contributed by atoms with Gasteiger partial charge < -0.3 is 5.32 Å². The summed E-state index contributed by atoms with van der Waals surface area (Å²) in [5, 5.41) is 4.58. The zero-order valence-corrected chi connectivity index (χ0v) is 12.4. The van der Waals surface area contributed by atoms with Gasteiger partial charge in [0.25, 0.3) is 5.91 Å². The molecule has 3 nitrogen and oxygen atoms in total. The number of benzene rings is 2. The minimum Gasteiger partial charge on any atom is -0.321 e. The van der Waals surface area contributed by atoms with Gasteiger partial charge >= 0.3 is 0 Å². The van der Waals surface area contributed by atoms with E-state index < -0.39 is 11.9 Å². The Morgan fingerprint density at radius 3 is 2.57 bits per heavy atom. The molecule has 3 aromatic rings. The van der Waals surface area contributed by atoms with Crippen LogP contribution in [0.15, 0.2) is 59.2 Å². The van der Waals surface area contributed by atoms with Crippen molar-refractivity contribution in [3.63, 3.8) is 0 Å². The molecule has 1 amide bonds. The summed E-state index contributed by atoms with van der Waals surface area (Å²) in [6, 6.07) is 14.2. The fourth-order valence-electron chi connectivity index (χ4n) is 2.12. The van der Waals surface area contributed by atoms with Crippen molar-refractivity contribution in [3.05, 3.63) is 70.7 Å². The third-order valence-electron chi connectivity index (χ3n) is 3.12. The van der Waals surface area contributed by atoms with E-state index in [4.69, 9.17) is 0 Å². The standard InChI is InChI=1S/C16H10BrFN2O/c17-13-7-8-14(11-5-2-1-4-10(11)13)20-16(21)12-6-3-9-19-15(12)18/h1-9H,(H,20,21). The van der Waals surface area contributed by atoms with Gasteiger partial charge in [-0.15, -0.1) is 0 Å². The summed E-state index contributed by atoms with van der Waals surface area (Å²) >= 11 is 3.47. The van der Waals surface area contributed by atoms with E-state index >= 15 is 0 Å². The van der Waals surface area contributed by atoms with Gasteiger partial charge in [0.2, 0.25) is 5.95 Å². The van der Waals surface area contributed by atoms with Crippen LogP contribution in [0, 0.1) is 5.95 Å². The summed E-state index contributed by atoms with van der Waals surface area (Å²) in [7, 11) is 0. The van der Waals surface area contributed by atoms with Crippen molar-refractivity contribution in [2.45, 2.75) is 0 Å². The molecule has 1 heterocycles. The fourth-order valence-corrected chi connectivity index (χ4v) is 2.59. The maximum Gasteiger partial charge on any atom is 0.260 e. The summed E-state index contributed by atoms with van der Waals surface area (Å²) in [6.07, 6.45) is 1.31. The molecule has 2 aromatic carbocycles. The molecule has 0 spiro atoms. The van der Waals surface area contributed by atoms with Gasteiger partial charge in [-0.2, -0.15) is 4.39 Å². The maximum absolute atomic E-state index is 13.5. The van der Waals surface area contributed by atoms with Crippen molar-refractivity contribution < 1.29 is 9.18 Å². The van der Waals surface area contributed by atoms with Gasteiger partial charge in [-0.25, -0.2) is 4.98 Å². The number of rotatable bonds is 2. The highest BCUT2D eigenvalue weighted by molar-refractivity contribution is 9.10. The van der Waals surface area contributed by atoms with Gasteiger partial charge in [-0.3, -0.25) is 4.79 Å². The van der Waals surface area contributed by atoms with E-state index in [2.05, 4.69) is 26.2 Å². The molecule has 21 heavy (non-hydrogen) atoms. The molecule has 0 saturated heterocycles. The molecule has 0 fully saturated rings. The van der Waals surface area contributed by atoms with E-state index in [1.807, 2.05) is 30.3 Å². The number of nitrogens with one attached hydrogen (secondary N) is 1. The van der Waals surface area contributed by atoms with Gasteiger partial charge in [0.15, 0.2) is 0 Å². The number of pyridine rings is 1. The summed E-state index contributed by atoms with van der Waals surface area (Å²) in [6.45, 7) is 0. The van der Waals surface area contributed by atoms with Crippen LogP contribution in [0.3, 0.4) is 0 Å². The number of amides is 1. The molecule has 3 rings (SSSR count). The van der Waals surface area contributed by atoms with Crippen LogP contribution in [-0.2, 0) is 0 Å². The molecule has 0 unspecified atom stereocenters. The van der Waals surface area contributed by atoms with Crippen LogP contribution in [0.1, 0.15) is 10.4 Å². The first-order chi connectivity index (χ1) is 10.2. The monoisotopic (exact) mass is 344 g/mol. The quantitative estimate of drug-likeness (QED) is 0.700. The molecule has 1 N–H and O–H groups in total. The van der Waals surface area contributed by atoms with E-state index in [0.29, 0.717) is 5.69 Å². The van der Waals surface area contributed by atoms with Crippen molar-refractivity contribution in [1.82, 2.24) is 4.98 Å². The Hall–Kier alpha value is -2.27. The van der Waals surface area contributed by atoms with Gasteiger partial charge in [0, 0.05) is 21.7 Å². The lowest BCUT2D eigenvalue weighted by atomic mass is 10.1. The van der Waals surface area contributed by atoms with Crippen molar-refractivity contribution in [1.29, 1.82) is 0 Å². The minimum atomic E-state index is -0.781. The molecule has 0 aliphatic heterocycles. The van der Waals surface area contributed by atoms with Gasteiger partial charge in [-0.05, 0) is 29.7 Å². The van der Waals surface area contributed by atoms with Gasteiger partial charge in [0.05, 0.1) is 5.56 Å². The Morgan fingerprint density at radius 2 is 1.81 bits per heavy atom. The van der Waals surface area contributed by atoms with Gasteiger partial charge in [-0.1, -0.05) is 40.2 Å². The number of hydrogen-bond acceptors (Lipinski definition) is 2. The number of carbonyl (C=O) groups excluding carboxylic acids is 1. The van der Waals surface area contributed by atoms with E-state index in [0.717, 1.165) is 15.2 Å². The summed E-state index contributed by atoms with van der Waals surface area (Å²) in [4.78, 5) is 15.6. The normalized spacial score (nSPS) is 10.6. The Morgan fingerprint density at radius 1 is 1.05 bits per heavy atom. The fraction of sp³-hybridized carbons (Fsp3) is 0. The Balaban J connectivity index is 2.01. The third-order valence-corrected chi connectivity index (χ3v) is 3.81. The second-order valence-electron chi connectivity index (χ2n) is 4.44. The topological polar surface area (TPSA) is 42.0 Å². The highest BCUT2D eigenvalue weighted by Gasteiger charge is 2.13. The lowest BCUT2D eigenvalue weighted by Crippen LogP contribution is -2.14. The SMILES string of the molecule is O=C(Nc1ccc(Br)c2ccccc12)c1cccnc1F. The van der Waals surface area contributed by atoms with E-state index in [9.17, 15) is 9.18 Å². The Bertz CT molecular complexity index is 835. The number of hydrogen-bond donors (Lipinski definition) is 1. The molecule has 0 atom stereocenters. The number of halogens is 2. The molecule has 0 saturated carbocycles. The predicted octanol–water partition coefficient (Wildman–Crippen LogP) is 4.39. The smallest absolute Gasteiger partial charge is 0.260 e. The lowest BCUT2D eigenvalue weighted by Gasteiger charge is -2.10. The van der Waals surface area contributed by atoms with Crippen LogP contribution in [0.25, 0.3) is 10.8 Å². The first kappa shape index (κ1) is 13.7. The number of aromatic nitrogens is 1. The lowest BCUT2D eigenvalue weighted by molar-refractivity contribution is 0.102. The molecular weight excluding hydrogens is 335 g/mol. The van der Waals surface area contributed by atoms with Gasteiger partial charge in [0.1, 0.15) is 0 Å².